The van der Waals surface area contributed by atoms with Crippen molar-refractivity contribution in [1.82, 2.24) is 14.7 Å². The molecule has 0 saturated carbocycles. The van der Waals surface area contributed by atoms with Gasteiger partial charge in [0.15, 0.2) is 0 Å². The number of hydrogen-bond donors (Lipinski definition) is 0. The second-order valence-electron chi connectivity index (χ2n) is 4.72. The van der Waals surface area contributed by atoms with Crippen molar-refractivity contribution in [3.63, 3.8) is 0 Å². The van der Waals surface area contributed by atoms with Crippen molar-refractivity contribution >= 4 is 15.9 Å². The normalized spacial score (nSPS) is 11.8. The number of halogens is 1. The van der Waals surface area contributed by atoms with E-state index >= 15 is 0 Å². The Labute approximate surface area is 118 Å². The van der Waals surface area contributed by atoms with Gasteiger partial charge in [-0.3, -0.25) is 9.58 Å². The van der Waals surface area contributed by atoms with Crippen molar-refractivity contribution in [2.24, 2.45) is 0 Å². The zero-order chi connectivity index (χ0) is 13.7. The van der Waals surface area contributed by atoms with Crippen molar-refractivity contribution in [3.8, 4) is 0 Å². The molecule has 0 aliphatic rings. The van der Waals surface area contributed by atoms with Crippen LogP contribution < -0.4 is 0 Å². The summed E-state index contributed by atoms with van der Waals surface area (Å²) in [7, 11) is 1.74. The molecule has 1 rings (SSSR count). The predicted octanol–water partition coefficient (Wildman–Crippen LogP) is 2.83. The molecule has 1 aromatic rings. The third-order valence-corrected chi connectivity index (χ3v) is 4.15. The second-order valence-corrected chi connectivity index (χ2v) is 5.51. The molecule has 0 amide bonds. The van der Waals surface area contributed by atoms with Crippen molar-refractivity contribution in [1.29, 1.82) is 0 Å². The standard InChI is InChI=1S/C13H24BrN3O/c1-6-17-12(13(14)11(4)15-17)9-16(10(2)3)7-8-18-5/h10H,6-9H2,1-5H3. The number of aromatic nitrogens is 2. The molecule has 0 unspecified atom stereocenters. The largest absolute Gasteiger partial charge is 0.383 e. The number of rotatable bonds is 7. The first-order valence-corrected chi connectivity index (χ1v) is 7.25. The SMILES string of the molecule is CCn1nc(C)c(Br)c1CN(CCOC)C(C)C. The predicted molar refractivity (Wildman–Crippen MR) is 77.8 cm³/mol. The fourth-order valence-electron chi connectivity index (χ4n) is 1.94. The van der Waals surface area contributed by atoms with Gasteiger partial charge in [-0.2, -0.15) is 5.10 Å². The van der Waals surface area contributed by atoms with Crippen molar-refractivity contribution < 1.29 is 4.74 Å². The molecule has 0 radical (unpaired) electrons. The first-order valence-electron chi connectivity index (χ1n) is 6.46. The van der Waals surface area contributed by atoms with Gasteiger partial charge < -0.3 is 4.74 Å². The molecule has 1 aromatic heterocycles. The van der Waals surface area contributed by atoms with Crippen LogP contribution in [0, 0.1) is 6.92 Å². The Hall–Kier alpha value is -0.390. The number of aryl methyl sites for hydroxylation is 2. The Balaban J connectivity index is 2.85. The van der Waals surface area contributed by atoms with Gasteiger partial charge >= 0.3 is 0 Å². The minimum absolute atomic E-state index is 0.493. The van der Waals surface area contributed by atoms with Gasteiger partial charge in [-0.25, -0.2) is 0 Å². The molecule has 0 spiro atoms. The van der Waals surface area contributed by atoms with Crippen LogP contribution in [0.1, 0.15) is 32.2 Å². The topological polar surface area (TPSA) is 30.3 Å². The van der Waals surface area contributed by atoms with E-state index in [0.717, 1.165) is 36.4 Å². The van der Waals surface area contributed by atoms with E-state index in [0.29, 0.717) is 6.04 Å². The van der Waals surface area contributed by atoms with Crippen LogP contribution in [-0.2, 0) is 17.8 Å². The molecular weight excluding hydrogens is 294 g/mol. The van der Waals surface area contributed by atoms with Crippen LogP contribution in [0.4, 0.5) is 0 Å². The van der Waals surface area contributed by atoms with Gasteiger partial charge in [0.05, 0.1) is 22.5 Å². The third kappa shape index (κ3) is 3.80. The molecular formula is C13H24BrN3O. The number of ether oxygens (including phenoxy) is 1. The smallest absolute Gasteiger partial charge is 0.0739 e. The highest BCUT2D eigenvalue weighted by atomic mass is 79.9. The number of methoxy groups -OCH3 is 1. The van der Waals surface area contributed by atoms with Crippen molar-refractivity contribution in [3.05, 3.63) is 15.9 Å². The maximum atomic E-state index is 5.18. The van der Waals surface area contributed by atoms with Gasteiger partial charge in [-0.1, -0.05) is 0 Å². The average molecular weight is 318 g/mol. The van der Waals surface area contributed by atoms with E-state index in [2.05, 4.69) is 51.4 Å². The Morgan fingerprint density at radius 1 is 1.44 bits per heavy atom. The molecule has 4 nitrogen and oxygen atoms in total. The first kappa shape index (κ1) is 15.7. The zero-order valence-corrected chi connectivity index (χ0v) is 13.6. The summed E-state index contributed by atoms with van der Waals surface area (Å²) < 4.78 is 8.38. The highest BCUT2D eigenvalue weighted by Crippen LogP contribution is 2.23. The lowest BCUT2D eigenvalue weighted by Gasteiger charge is -2.26. The molecule has 0 bridgehead atoms. The first-order chi connectivity index (χ1) is 8.51. The van der Waals surface area contributed by atoms with Gasteiger partial charge in [0.2, 0.25) is 0 Å². The van der Waals surface area contributed by atoms with Crippen LogP contribution >= 0.6 is 15.9 Å². The molecule has 0 atom stereocenters. The summed E-state index contributed by atoms with van der Waals surface area (Å²) in [5.74, 6) is 0. The van der Waals surface area contributed by atoms with Crippen LogP contribution in [-0.4, -0.2) is 41.0 Å². The molecule has 104 valence electrons. The lowest BCUT2D eigenvalue weighted by molar-refractivity contribution is 0.122. The molecule has 1 heterocycles. The van der Waals surface area contributed by atoms with E-state index in [4.69, 9.17) is 4.74 Å². The summed E-state index contributed by atoms with van der Waals surface area (Å²) in [5, 5.41) is 4.53. The lowest BCUT2D eigenvalue weighted by Crippen LogP contribution is -2.34. The third-order valence-electron chi connectivity index (χ3n) is 3.12. The fourth-order valence-corrected chi connectivity index (χ4v) is 2.35. The molecule has 0 aliphatic heterocycles. The number of hydrogen-bond acceptors (Lipinski definition) is 3. The van der Waals surface area contributed by atoms with Gasteiger partial charge in [0, 0.05) is 32.8 Å². The summed E-state index contributed by atoms with van der Waals surface area (Å²) in [4.78, 5) is 2.40. The summed E-state index contributed by atoms with van der Waals surface area (Å²) in [6.45, 7) is 12.1. The summed E-state index contributed by atoms with van der Waals surface area (Å²) in [6.07, 6.45) is 0. The zero-order valence-electron chi connectivity index (χ0n) is 12.0. The maximum absolute atomic E-state index is 5.18. The molecule has 0 saturated heterocycles. The van der Waals surface area contributed by atoms with E-state index in [1.807, 2.05) is 6.92 Å². The highest BCUT2D eigenvalue weighted by molar-refractivity contribution is 9.10. The van der Waals surface area contributed by atoms with Gasteiger partial charge in [-0.05, 0) is 43.6 Å². The lowest BCUT2D eigenvalue weighted by atomic mass is 10.2. The fraction of sp³-hybridized carbons (Fsp3) is 0.769. The monoisotopic (exact) mass is 317 g/mol. The van der Waals surface area contributed by atoms with Crippen molar-refractivity contribution in [2.45, 2.75) is 46.8 Å². The van der Waals surface area contributed by atoms with E-state index < -0.39 is 0 Å². The molecule has 0 N–H and O–H groups in total. The van der Waals surface area contributed by atoms with Crippen LogP contribution in [0.25, 0.3) is 0 Å². The van der Waals surface area contributed by atoms with E-state index in [9.17, 15) is 0 Å². The molecule has 5 heteroatoms. The highest BCUT2D eigenvalue weighted by Gasteiger charge is 2.17. The number of nitrogens with zero attached hydrogens (tertiary/aromatic N) is 3. The van der Waals surface area contributed by atoms with E-state index in [1.54, 1.807) is 7.11 Å². The Morgan fingerprint density at radius 3 is 2.61 bits per heavy atom. The maximum Gasteiger partial charge on any atom is 0.0739 e. The van der Waals surface area contributed by atoms with Crippen LogP contribution in [0.3, 0.4) is 0 Å². The Bertz CT molecular complexity index is 377. The van der Waals surface area contributed by atoms with Gasteiger partial charge in [-0.15, -0.1) is 0 Å². The Morgan fingerprint density at radius 2 is 2.11 bits per heavy atom. The van der Waals surface area contributed by atoms with Crippen molar-refractivity contribution in [2.75, 3.05) is 20.3 Å². The molecule has 0 aliphatic carbocycles. The van der Waals surface area contributed by atoms with Gasteiger partial charge in [0.25, 0.3) is 0 Å². The van der Waals surface area contributed by atoms with Crippen LogP contribution in [0.5, 0.6) is 0 Å². The van der Waals surface area contributed by atoms with E-state index in [-0.39, 0.29) is 0 Å². The second kappa shape index (κ2) is 7.26. The molecule has 18 heavy (non-hydrogen) atoms. The van der Waals surface area contributed by atoms with Gasteiger partial charge in [0.1, 0.15) is 0 Å². The summed E-state index contributed by atoms with van der Waals surface area (Å²) >= 11 is 3.65. The van der Waals surface area contributed by atoms with Crippen LogP contribution in [0.2, 0.25) is 0 Å². The van der Waals surface area contributed by atoms with E-state index in [1.165, 1.54) is 5.69 Å². The van der Waals surface area contributed by atoms with Crippen LogP contribution in [0.15, 0.2) is 4.47 Å². The summed E-state index contributed by atoms with van der Waals surface area (Å²) in [5.41, 5.74) is 2.31. The quantitative estimate of drug-likeness (QED) is 0.774. The molecule has 0 aromatic carbocycles. The minimum Gasteiger partial charge on any atom is -0.383 e. The minimum atomic E-state index is 0.493. The average Bonchev–Trinajstić information content (AvgIpc) is 2.61. The Kier molecular flexibility index (Phi) is 6.32. The summed E-state index contributed by atoms with van der Waals surface area (Å²) in [6, 6.07) is 0.493. The molecule has 0 fully saturated rings.